The normalized spacial score (nSPS) is 10.3. The first-order valence-electron chi connectivity index (χ1n) is 5.43. The lowest BCUT2D eigenvalue weighted by atomic mass is 10.2. The Morgan fingerprint density at radius 3 is 2.29 bits per heavy atom. The molecule has 0 heterocycles. The number of anilines is 3. The fraction of sp³-hybridized carbons (Fsp3) is 0.143. The molecule has 0 radical (unpaired) electrons. The van der Waals surface area contributed by atoms with Crippen LogP contribution in [-0.2, 0) is 0 Å². The molecule has 2 rings (SSSR count). The minimum atomic E-state index is -0.316. The number of hydrogen-bond acceptors (Lipinski definition) is 2. The van der Waals surface area contributed by atoms with E-state index in [0.717, 1.165) is 11.4 Å². The molecule has 0 saturated carbocycles. The van der Waals surface area contributed by atoms with Crippen molar-refractivity contribution in [3.8, 4) is 0 Å². The van der Waals surface area contributed by atoms with Crippen molar-refractivity contribution >= 4 is 17.1 Å². The summed E-state index contributed by atoms with van der Waals surface area (Å²) in [5.41, 5.74) is 9.27. The average molecular weight is 230 g/mol. The number of halogens is 1. The predicted octanol–water partition coefficient (Wildman–Crippen LogP) is 3.48. The Kier molecular flexibility index (Phi) is 3.00. The second-order valence-electron chi connectivity index (χ2n) is 4.10. The molecule has 0 aliphatic heterocycles. The summed E-state index contributed by atoms with van der Waals surface area (Å²) in [6.07, 6.45) is 0. The van der Waals surface area contributed by atoms with Crippen LogP contribution in [0.1, 0.15) is 5.56 Å². The SMILES string of the molecule is Cc1ccc(N(C)c2ccc(F)cc2N)cc1. The Bertz CT molecular complexity index is 520. The fourth-order valence-corrected chi connectivity index (χ4v) is 1.74. The van der Waals surface area contributed by atoms with Crippen molar-refractivity contribution in [3.63, 3.8) is 0 Å². The second-order valence-corrected chi connectivity index (χ2v) is 4.10. The maximum absolute atomic E-state index is 13.0. The Hall–Kier alpha value is -2.03. The summed E-state index contributed by atoms with van der Waals surface area (Å²) < 4.78 is 13.0. The number of aryl methyl sites for hydroxylation is 1. The molecule has 0 bridgehead atoms. The number of nitrogens with zero attached hydrogens (tertiary/aromatic N) is 1. The van der Waals surface area contributed by atoms with Gasteiger partial charge in [0.1, 0.15) is 5.82 Å². The fourth-order valence-electron chi connectivity index (χ4n) is 1.74. The van der Waals surface area contributed by atoms with Crippen molar-refractivity contribution in [2.75, 3.05) is 17.7 Å². The lowest BCUT2D eigenvalue weighted by Crippen LogP contribution is -2.11. The number of nitrogens with two attached hydrogens (primary N) is 1. The third-order valence-electron chi connectivity index (χ3n) is 2.77. The lowest BCUT2D eigenvalue weighted by molar-refractivity contribution is 0.628. The van der Waals surface area contributed by atoms with Crippen LogP contribution in [0.3, 0.4) is 0 Å². The van der Waals surface area contributed by atoms with Gasteiger partial charge in [0, 0.05) is 12.7 Å². The van der Waals surface area contributed by atoms with Gasteiger partial charge in [0.05, 0.1) is 11.4 Å². The van der Waals surface area contributed by atoms with Gasteiger partial charge in [0.15, 0.2) is 0 Å². The molecule has 0 aliphatic carbocycles. The van der Waals surface area contributed by atoms with Crippen molar-refractivity contribution in [2.45, 2.75) is 6.92 Å². The molecule has 2 N–H and O–H groups in total. The highest BCUT2D eigenvalue weighted by Gasteiger charge is 2.07. The summed E-state index contributed by atoms with van der Waals surface area (Å²) in [6, 6.07) is 12.5. The van der Waals surface area contributed by atoms with E-state index in [2.05, 4.69) is 0 Å². The van der Waals surface area contributed by atoms with E-state index in [4.69, 9.17) is 5.73 Å². The summed E-state index contributed by atoms with van der Waals surface area (Å²) in [6.45, 7) is 2.04. The molecule has 0 fully saturated rings. The standard InChI is InChI=1S/C14H15FN2/c1-10-3-6-12(7-4-10)17(2)14-8-5-11(15)9-13(14)16/h3-9H,16H2,1-2H3. The highest BCUT2D eigenvalue weighted by molar-refractivity contribution is 5.74. The molecule has 2 aromatic rings. The van der Waals surface area contributed by atoms with Gasteiger partial charge < -0.3 is 10.6 Å². The molecule has 2 nitrogen and oxygen atoms in total. The first kappa shape index (κ1) is 11.5. The Balaban J connectivity index is 2.36. The highest BCUT2D eigenvalue weighted by atomic mass is 19.1. The predicted molar refractivity (Wildman–Crippen MR) is 70.1 cm³/mol. The lowest BCUT2D eigenvalue weighted by Gasteiger charge is -2.21. The van der Waals surface area contributed by atoms with Gasteiger partial charge in [0.25, 0.3) is 0 Å². The van der Waals surface area contributed by atoms with E-state index in [9.17, 15) is 4.39 Å². The maximum Gasteiger partial charge on any atom is 0.125 e. The van der Waals surface area contributed by atoms with E-state index < -0.39 is 0 Å². The Labute approximate surface area is 100 Å². The van der Waals surface area contributed by atoms with Crippen molar-refractivity contribution in [3.05, 3.63) is 53.8 Å². The quantitative estimate of drug-likeness (QED) is 0.800. The molecule has 0 atom stereocenters. The topological polar surface area (TPSA) is 29.3 Å². The second kappa shape index (κ2) is 4.45. The molecule has 0 saturated heterocycles. The van der Waals surface area contributed by atoms with Crippen LogP contribution in [0, 0.1) is 12.7 Å². The molecule has 3 heteroatoms. The summed E-state index contributed by atoms with van der Waals surface area (Å²) in [5, 5.41) is 0. The first-order valence-corrected chi connectivity index (χ1v) is 5.43. The summed E-state index contributed by atoms with van der Waals surface area (Å²) in [5.74, 6) is -0.316. The van der Waals surface area contributed by atoms with Crippen LogP contribution in [0.25, 0.3) is 0 Å². The van der Waals surface area contributed by atoms with Gasteiger partial charge in [-0.1, -0.05) is 17.7 Å². The molecule has 0 unspecified atom stereocenters. The van der Waals surface area contributed by atoms with E-state index in [1.807, 2.05) is 43.1 Å². The van der Waals surface area contributed by atoms with Crippen LogP contribution in [0.4, 0.5) is 21.5 Å². The third-order valence-corrected chi connectivity index (χ3v) is 2.77. The van der Waals surface area contributed by atoms with Gasteiger partial charge in [-0.3, -0.25) is 0 Å². The minimum Gasteiger partial charge on any atom is -0.397 e. The zero-order valence-electron chi connectivity index (χ0n) is 9.94. The van der Waals surface area contributed by atoms with Crippen molar-refractivity contribution in [1.82, 2.24) is 0 Å². The van der Waals surface area contributed by atoms with Gasteiger partial charge in [-0.25, -0.2) is 4.39 Å². The average Bonchev–Trinajstić information content (AvgIpc) is 2.29. The van der Waals surface area contributed by atoms with Crippen LogP contribution in [-0.4, -0.2) is 7.05 Å². The van der Waals surface area contributed by atoms with E-state index in [1.165, 1.54) is 17.7 Å². The third kappa shape index (κ3) is 2.38. The van der Waals surface area contributed by atoms with Crippen molar-refractivity contribution in [2.24, 2.45) is 0 Å². The zero-order valence-corrected chi connectivity index (χ0v) is 9.94. The summed E-state index contributed by atoms with van der Waals surface area (Å²) in [7, 11) is 1.91. The molecular weight excluding hydrogens is 215 g/mol. The monoisotopic (exact) mass is 230 g/mol. The summed E-state index contributed by atoms with van der Waals surface area (Å²) >= 11 is 0. The highest BCUT2D eigenvalue weighted by Crippen LogP contribution is 2.29. The van der Waals surface area contributed by atoms with Crippen molar-refractivity contribution in [1.29, 1.82) is 0 Å². The molecule has 17 heavy (non-hydrogen) atoms. The summed E-state index contributed by atoms with van der Waals surface area (Å²) in [4.78, 5) is 1.94. The van der Waals surface area contributed by atoms with E-state index in [-0.39, 0.29) is 5.82 Å². The van der Waals surface area contributed by atoms with Gasteiger partial charge in [0.2, 0.25) is 0 Å². The molecule has 0 spiro atoms. The smallest absolute Gasteiger partial charge is 0.125 e. The van der Waals surface area contributed by atoms with Crippen LogP contribution in [0.2, 0.25) is 0 Å². The molecule has 0 aromatic heterocycles. The zero-order chi connectivity index (χ0) is 12.4. The molecule has 0 amide bonds. The number of rotatable bonds is 2. The van der Waals surface area contributed by atoms with Gasteiger partial charge in [-0.05, 0) is 37.3 Å². The van der Waals surface area contributed by atoms with Crippen LogP contribution in [0.5, 0.6) is 0 Å². The van der Waals surface area contributed by atoms with Gasteiger partial charge >= 0.3 is 0 Å². The first-order chi connectivity index (χ1) is 8.08. The van der Waals surface area contributed by atoms with Crippen LogP contribution in [0.15, 0.2) is 42.5 Å². The number of hydrogen-bond donors (Lipinski definition) is 1. The number of nitrogen functional groups attached to an aromatic ring is 1. The largest absolute Gasteiger partial charge is 0.397 e. The molecule has 88 valence electrons. The minimum absolute atomic E-state index is 0.316. The van der Waals surface area contributed by atoms with E-state index in [0.29, 0.717) is 5.69 Å². The maximum atomic E-state index is 13.0. The van der Waals surface area contributed by atoms with E-state index in [1.54, 1.807) is 6.07 Å². The Morgan fingerprint density at radius 1 is 1.06 bits per heavy atom. The molecule has 0 aliphatic rings. The molecule has 2 aromatic carbocycles. The molecular formula is C14H15FN2. The van der Waals surface area contributed by atoms with Gasteiger partial charge in [-0.15, -0.1) is 0 Å². The Morgan fingerprint density at radius 2 is 1.71 bits per heavy atom. The van der Waals surface area contributed by atoms with Crippen molar-refractivity contribution < 1.29 is 4.39 Å². The van der Waals surface area contributed by atoms with E-state index >= 15 is 0 Å². The van der Waals surface area contributed by atoms with Gasteiger partial charge in [-0.2, -0.15) is 0 Å². The number of benzene rings is 2. The van der Waals surface area contributed by atoms with Crippen LogP contribution < -0.4 is 10.6 Å². The van der Waals surface area contributed by atoms with Crippen LogP contribution >= 0.6 is 0 Å².